The third kappa shape index (κ3) is 4.75. The molecule has 0 saturated carbocycles. The molecule has 0 bridgehead atoms. The topological polar surface area (TPSA) is 6.48 Å². The normalized spacial score (nSPS) is 14.0. The lowest BCUT2D eigenvalue weighted by atomic mass is 9.89. The summed E-state index contributed by atoms with van der Waals surface area (Å²) in [6.07, 6.45) is 0. The van der Waals surface area contributed by atoms with Crippen LogP contribution in [0.3, 0.4) is 0 Å². The number of hydrogen-bond donors (Lipinski definition) is 0. The Morgan fingerprint density at radius 2 is 0.808 bits per heavy atom. The van der Waals surface area contributed by atoms with E-state index in [9.17, 15) is 0 Å². The van der Waals surface area contributed by atoms with Gasteiger partial charge in [0.25, 0.3) is 0 Å². The molecule has 142 valence electrons. The maximum Gasteiger partial charge on any atom is 0.0545 e. The average molecular weight is 353 g/mol. The van der Waals surface area contributed by atoms with E-state index in [0.717, 1.165) is 26.2 Å². The summed E-state index contributed by atoms with van der Waals surface area (Å²) in [7, 11) is 0. The monoisotopic (exact) mass is 352 g/mol. The molecular weight excluding hydrogens is 316 g/mol. The van der Waals surface area contributed by atoms with Crippen LogP contribution in [0.1, 0.15) is 62.0 Å². The van der Waals surface area contributed by atoms with Gasteiger partial charge in [-0.05, 0) is 51.2 Å². The van der Waals surface area contributed by atoms with Crippen LogP contribution in [0.5, 0.6) is 0 Å². The van der Waals surface area contributed by atoms with Crippen molar-refractivity contribution in [2.24, 2.45) is 0 Å². The summed E-state index contributed by atoms with van der Waals surface area (Å²) in [6, 6.07) is 19.0. The van der Waals surface area contributed by atoms with Crippen LogP contribution >= 0.6 is 0 Å². The zero-order valence-electron chi connectivity index (χ0n) is 17.5. The molecule has 2 aromatic carbocycles. The van der Waals surface area contributed by atoms with Crippen molar-refractivity contribution in [2.45, 2.75) is 53.6 Å². The van der Waals surface area contributed by atoms with Gasteiger partial charge < -0.3 is 0 Å². The van der Waals surface area contributed by atoms with Crippen molar-refractivity contribution >= 4 is 0 Å². The van der Waals surface area contributed by atoms with Crippen LogP contribution in [0.15, 0.2) is 48.5 Å². The van der Waals surface area contributed by atoms with Gasteiger partial charge in [0.1, 0.15) is 0 Å². The predicted molar refractivity (Wildman–Crippen MR) is 114 cm³/mol. The smallest absolute Gasteiger partial charge is 0.0545 e. The molecule has 0 spiro atoms. The van der Waals surface area contributed by atoms with Gasteiger partial charge in [0.15, 0.2) is 0 Å². The zero-order chi connectivity index (χ0) is 19.1. The first-order chi connectivity index (χ1) is 12.5. The van der Waals surface area contributed by atoms with Gasteiger partial charge in [0.05, 0.1) is 12.1 Å². The largest absolute Gasteiger partial charge is 0.295 e. The second-order valence-corrected chi connectivity index (χ2v) is 7.15. The first-order valence-electron chi connectivity index (χ1n) is 10.2. The Labute approximate surface area is 160 Å². The van der Waals surface area contributed by atoms with E-state index in [1.165, 1.54) is 22.3 Å². The summed E-state index contributed by atoms with van der Waals surface area (Å²) >= 11 is 0. The first kappa shape index (κ1) is 20.7. The third-order valence-electron chi connectivity index (χ3n) is 5.55. The number of hydrogen-bond acceptors (Lipinski definition) is 2. The number of likely N-dealkylation sites (N-methyl/N-ethyl adjacent to an activating group) is 2. The Morgan fingerprint density at radius 1 is 0.538 bits per heavy atom. The van der Waals surface area contributed by atoms with Gasteiger partial charge in [-0.2, -0.15) is 0 Å². The molecule has 0 radical (unpaired) electrons. The molecule has 2 nitrogen and oxygen atoms in total. The van der Waals surface area contributed by atoms with Crippen LogP contribution in [-0.2, 0) is 0 Å². The first-order valence-corrected chi connectivity index (χ1v) is 10.2. The van der Waals surface area contributed by atoms with Crippen molar-refractivity contribution in [1.29, 1.82) is 0 Å². The van der Waals surface area contributed by atoms with Gasteiger partial charge in [-0.15, -0.1) is 0 Å². The highest BCUT2D eigenvalue weighted by Gasteiger charge is 2.32. The van der Waals surface area contributed by atoms with Gasteiger partial charge in [0.2, 0.25) is 0 Å². The van der Waals surface area contributed by atoms with Crippen LogP contribution in [0.2, 0.25) is 0 Å². The maximum absolute atomic E-state index is 2.60. The molecule has 0 aliphatic heterocycles. The average Bonchev–Trinajstić information content (AvgIpc) is 2.66. The SMILES string of the molecule is CCN(CC)C(c1ccc(C)cc1)C(c1ccc(C)cc1)N(CC)CC. The Hall–Kier alpha value is -1.64. The summed E-state index contributed by atoms with van der Waals surface area (Å²) in [5.74, 6) is 0. The molecular formula is C24H36N2. The molecule has 26 heavy (non-hydrogen) atoms. The Kier molecular flexibility index (Phi) is 7.86. The summed E-state index contributed by atoms with van der Waals surface area (Å²) in [4.78, 5) is 5.21. The molecule has 0 saturated heterocycles. The number of benzene rings is 2. The molecule has 0 amide bonds. The Morgan fingerprint density at radius 3 is 1.04 bits per heavy atom. The van der Waals surface area contributed by atoms with Crippen molar-refractivity contribution < 1.29 is 0 Å². The van der Waals surface area contributed by atoms with Crippen LogP contribution in [0.25, 0.3) is 0 Å². The molecule has 2 aromatic rings. The lowest BCUT2D eigenvalue weighted by Gasteiger charge is -2.42. The summed E-state index contributed by atoms with van der Waals surface area (Å²) < 4.78 is 0. The second-order valence-electron chi connectivity index (χ2n) is 7.15. The summed E-state index contributed by atoms with van der Waals surface area (Å²) in [5, 5.41) is 0. The fraction of sp³-hybridized carbons (Fsp3) is 0.500. The van der Waals surface area contributed by atoms with Crippen LogP contribution in [0.4, 0.5) is 0 Å². The summed E-state index contributed by atoms with van der Waals surface area (Å²) in [5.41, 5.74) is 5.47. The lowest BCUT2D eigenvalue weighted by molar-refractivity contribution is 0.0889. The maximum atomic E-state index is 2.60. The van der Waals surface area contributed by atoms with Crippen molar-refractivity contribution in [3.63, 3.8) is 0 Å². The molecule has 0 aliphatic carbocycles. The van der Waals surface area contributed by atoms with Crippen LogP contribution < -0.4 is 0 Å². The van der Waals surface area contributed by atoms with E-state index in [1.54, 1.807) is 0 Å². The highest BCUT2D eigenvalue weighted by Crippen LogP contribution is 2.38. The van der Waals surface area contributed by atoms with E-state index >= 15 is 0 Å². The van der Waals surface area contributed by atoms with E-state index in [2.05, 4.69) is 99.9 Å². The van der Waals surface area contributed by atoms with Crippen molar-refractivity contribution in [3.05, 3.63) is 70.8 Å². The molecule has 2 rings (SSSR count). The fourth-order valence-corrected chi connectivity index (χ4v) is 3.95. The van der Waals surface area contributed by atoms with Crippen molar-refractivity contribution in [2.75, 3.05) is 26.2 Å². The van der Waals surface area contributed by atoms with E-state index in [1.807, 2.05) is 0 Å². The number of nitrogens with zero attached hydrogens (tertiary/aromatic N) is 2. The van der Waals surface area contributed by atoms with Gasteiger partial charge in [-0.1, -0.05) is 87.4 Å². The van der Waals surface area contributed by atoms with E-state index in [-0.39, 0.29) is 0 Å². The Bertz CT molecular complexity index is 577. The summed E-state index contributed by atoms with van der Waals surface area (Å²) in [6.45, 7) is 17.7. The van der Waals surface area contributed by atoms with Gasteiger partial charge in [-0.3, -0.25) is 9.80 Å². The molecule has 0 N–H and O–H groups in total. The standard InChI is InChI=1S/C24H36N2/c1-7-25(8-2)23(21-15-11-19(5)12-16-21)24(26(9-3)10-4)22-17-13-20(6)14-18-22/h11-18,23-24H,7-10H2,1-6H3. The fourth-order valence-electron chi connectivity index (χ4n) is 3.95. The molecule has 0 heterocycles. The lowest BCUT2D eigenvalue weighted by Crippen LogP contribution is -2.41. The third-order valence-corrected chi connectivity index (χ3v) is 5.55. The van der Waals surface area contributed by atoms with Gasteiger partial charge in [-0.25, -0.2) is 0 Å². The minimum Gasteiger partial charge on any atom is -0.295 e. The number of rotatable bonds is 9. The van der Waals surface area contributed by atoms with Crippen molar-refractivity contribution in [1.82, 2.24) is 9.80 Å². The molecule has 0 fully saturated rings. The quantitative estimate of drug-likeness (QED) is 0.565. The van der Waals surface area contributed by atoms with E-state index in [0.29, 0.717) is 12.1 Å². The van der Waals surface area contributed by atoms with Crippen molar-refractivity contribution in [3.8, 4) is 0 Å². The van der Waals surface area contributed by atoms with Crippen LogP contribution in [0, 0.1) is 13.8 Å². The molecule has 2 unspecified atom stereocenters. The minimum absolute atomic E-state index is 0.355. The predicted octanol–water partition coefficient (Wildman–Crippen LogP) is 5.77. The van der Waals surface area contributed by atoms with Gasteiger partial charge in [0, 0.05) is 0 Å². The highest BCUT2D eigenvalue weighted by molar-refractivity contribution is 5.31. The Balaban J connectivity index is 2.59. The minimum atomic E-state index is 0.355. The second kappa shape index (κ2) is 9.89. The molecule has 0 aromatic heterocycles. The zero-order valence-corrected chi connectivity index (χ0v) is 17.5. The van der Waals surface area contributed by atoms with E-state index in [4.69, 9.17) is 0 Å². The van der Waals surface area contributed by atoms with Gasteiger partial charge >= 0.3 is 0 Å². The molecule has 2 atom stereocenters. The molecule has 2 heteroatoms. The van der Waals surface area contributed by atoms with Crippen LogP contribution in [-0.4, -0.2) is 36.0 Å². The van der Waals surface area contributed by atoms with E-state index < -0.39 is 0 Å². The molecule has 0 aliphatic rings. The highest BCUT2D eigenvalue weighted by atomic mass is 15.2. The number of aryl methyl sites for hydroxylation is 2.